The molecule has 0 spiro atoms. The molecule has 1 nitrogen and oxygen atoms in total. The molecule has 0 aromatic heterocycles. The van der Waals surface area contributed by atoms with E-state index < -0.39 is 0 Å². The quantitative estimate of drug-likeness (QED) is 0.728. The highest BCUT2D eigenvalue weighted by molar-refractivity contribution is 5.43. The largest absolute Gasteiger partial charge is 0.313 e. The van der Waals surface area contributed by atoms with Gasteiger partial charge < -0.3 is 5.32 Å². The third-order valence-electron chi connectivity index (χ3n) is 4.62. The van der Waals surface area contributed by atoms with Gasteiger partial charge in [0, 0.05) is 6.04 Å². The van der Waals surface area contributed by atoms with Crippen molar-refractivity contribution >= 4 is 0 Å². The second-order valence-electron chi connectivity index (χ2n) is 5.89. The van der Waals surface area contributed by atoms with Gasteiger partial charge in [-0.25, -0.2) is 0 Å². The molecule has 1 aromatic carbocycles. The lowest BCUT2D eigenvalue weighted by Crippen LogP contribution is -2.18. The van der Waals surface area contributed by atoms with Crippen LogP contribution in [0.25, 0.3) is 0 Å². The Morgan fingerprint density at radius 1 is 1.06 bits per heavy atom. The van der Waals surface area contributed by atoms with Crippen LogP contribution in [0.5, 0.6) is 0 Å². The summed E-state index contributed by atoms with van der Waals surface area (Å²) < 4.78 is 0. The average Bonchev–Trinajstić information content (AvgIpc) is 2.72. The molecule has 2 unspecified atom stereocenters. The Hall–Kier alpha value is -0.820. The summed E-state index contributed by atoms with van der Waals surface area (Å²) in [7, 11) is 2.11. The first kappa shape index (κ1) is 11.3. The summed E-state index contributed by atoms with van der Waals surface area (Å²) in [5.41, 5.74) is 6.47. The Kier molecular flexibility index (Phi) is 2.96. The molecule has 0 aliphatic heterocycles. The van der Waals surface area contributed by atoms with Crippen LogP contribution in [0.15, 0.2) is 12.1 Å². The third kappa shape index (κ3) is 2.01. The topological polar surface area (TPSA) is 12.0 Å². The molecule has 0 radical (unpaired) electrons. The lowest BCUT2D eigenvalue weighted by Gasteiger charge is -2.20. The number of benzene rings is 1. The van der Waals surface area contributed by atoms with E-state index in [1.54, 1.807) is 22.3 Å². The predicted molar refractivity (Wildman–Crippen MR) is 72.4 cm³/mol. The van der Waals surface area contributed by atoms with Crippen molar-refractivity contribution in [2.24, 2.45) is 5.92 Å². The van der Waals surface area contributed by atoms with Gasteiger partial charge in [-0.1, -0.05) is 19.1 Å². The van der Waals surface area contributed by atoms with Gasteiger partial charge >= 0.3 is 0 Å². The van der Waals surface area contributed by atoms with Gasteiger partial charge in [-0.15, -0.1) is 0 Å². The van der Waals surface area contributed by atoms with Crippen LogP contribution in [0.3, 0.4) is 0 Å². The molecule has 92 valence electrons. The summed E-state index contributed by atoms with van der Waals surface area (Å²) >= 11 is 0. The second-order valence-corrected chi connectivity index (χ2v) is 5.89. The van der Waals surface area contributed by atoms with E-state index in [0.29, 0.717) is 6.04 Å². The van der Waals surface area contributed by atoms with E-state index in [-0.39, 0.29) is 0 Å². The van der Waals surface area contributed by atoms with Crippen LogP contribution in [-0.2, 0) is 19.3 Å². The normalized spacial score (nSPS) is 27.4. The minimum atomic E-state index is 0.577. The van der Waals surface area contributed by atoms with E-state index in [0.717, 1.165) is 5.92 Å². The SMILES string of the molecule is CNC1CC(C)CCc2cc3c(cc21)CCC3. The van der Waals surface area contributed by atoms with Crippen molar-refractivity contribution in [3.05, 3.63) is 34.4 Å². The maximum atomic E-state index is 3.52. The molecule has 1 N–H and O–H groups in total. The first-order valence-corrected chi connectivity index (χ1v) is 7.09. The number of aryl methyl sites for hydroxylation is 3. The molecule has 17 heavy (non-hydrogen) atoms. The third-order valence-corrected chi connectivity index (χ3v) is 4.62. The fourth-order valence-corrected chi connectivity index (χ4v) is 3.56. The van der Waals surface area contributed by atoms with Gasteiger partial charge in [0.1, 0.15) is 0 Å². The molecular formula is C16H23N. The van der Waals surface area contributed by atoms with E-state index in [9.17, 15) is 0 Å². The Morgan fingerprint density at radius 3 is 2.59 bits per heavy atom. The van der Waals surface area contributed by atoms with Crippen LogP contribution >= 0.6 is 0 Å². The van der Waals surface area contributed by atoms with Gasteiger partial charge in [-0.2, -0.15) is 0 Å². The lowest BCUT2D eigenvalue weighted by molar-refractivity contribution is 0.428. The number of hydrogen-bond donors (Lipinski definition) is 1. The summed E-state index contributed by atoms with van der Waals surface area (Å²) in [4.78, 5) is 0. The molecule has 3 rings (SSSR count). The van der Waals surface area contributed by atoms with Crippen molar-refractivity contribution in [2.75, 3.05) is 7.05 Å². The molecule has 1 aromatic rings. The van der Waals surface area contributed by atoms with Gasteiger partial charge in [-0.3, -0.25) is 0 Å². The minimum Gasteiger partial charge on any atom is -0.313 e. The van der Waals surface area contributed by atoms with Crippen LogP contribution < -0.4 is 5.32 Å². The molecule has 0 amide bonds. The molecule has 1 heteroatoms. The van der Waals surface area contributed by atoms with Gasteiger partial charge in [0.15, 0.2) is 0 Å². The van der Waals surface area contributed by atoms with Gasteiger partial charge in [0.2, 0.25) is 0 Å². The lowest BCUT2D eigenvalue weighted by atomic mass is 9.93. The van der Waals surface area contributed by atoms with Crippen molar-refractivity contribution in [1.29, 1.82) is 0 Å². The van der Waals surface area contributed by atoms with Crippen LogP contribution in [0.1, 0.15) is 54.5 Å². The van der Waals surface area contributed by atoms with Crippen LogP contribution in [-0.4, -0.2) is 7.05 Å². The van der Waals surface area contributed by atoms with Crippen molar-refractivity contribution < 1.29 is 0 Å². The Labute approximate surface area is 105 Å². The van der Waals surface area contributed by atoms with Crippen molar-refractivity contribution in [1.82, 2.24) is 5.32 Å². The average molecular weight is 229 g/mol. The molecule has 0 heterocycles. The summed E-state index contributed by atoms with van der Waals surface area (Å²) in [6.07, 6.45) is 7.89. The van der Waals surface area contributed by atoms with E-state index in [1.807, 2.05) is 0 Å². The van der Waals surface area contributed by atoms with Crippen LogP contribution in [0.4, 0.5) is 0 Å². The Morgan fingerprint density at radius 2 is 1.82 bits per heavy atom. The highest BCUT2D eigenvalue weighted by Crippen LogP contribution is 2.35. The summed E-state index contributed by atoms with van der Waals surface area (Å²) in [6.45, 7) is 2.39. The molecule has 0 bridgehead atoms. The number of fused-ring (bicyclic) bond motifs is 2. The zero-order chi connectivity index (χ0) is 11.8. The van der Waals surface area contributed by atoms with E-state index >= 15 is 0 Å². The highest BCUT2D eigenvalue weighted by Gasteiger charge is 2.23. The molecule has 2 aliphatic rings. The summed E-state index contributed by atoms with van der Waals surface area (Å²) in [5, 5.41) is 3.52. The fraction of sp³-hybridized carbons (Fsp3) is 0.625. The fourth-order valence-electron chi connectivity index (χ4n) is 3.56. The predicted octanol–water partition coefficient (Wildman–Crippen LogP) is 3.41. The van der Waals surface area contributed by atoms with E-state index in [2.05, 4.69) is 31.4 Å². The molecule has 0 saturated carbocycles. The first-order chi connectivity index (χ1) is 8.28. The smallest absolute Gasteiger partial charge is 0.0322 e. The Balaban J connectivity index is 2.04. The van der Waals surface area contributed by atoms with E-state index in [4.69, 9.17) is 0 Å². The maximum Gasteiger partial charge on any atom is 0.0322 e. The minimum absolute atomic E-state index is 0.577. The number of hydrogen-bond acceptors (Lipinski definition) is 1. The zero-order valence-electron chi connectivity index (χ0n) is 11.1. The van der Waals surface area contributed by atoms with Crippen LogP contribution in [0.2, 0.25) is 0 Å². The van der Waals surface area contributed by atoms with Crippen LogP contribution in [0, 0.1) is 5.92 Å². The number of rotatable bonds is 1. The van der Waals surface area contributed by atoms with Gasteiger partial charge in [-0.05, 0) is 73.7 Å². The first-order valence-electron chi connectivity index (χ1n) is 7.09. The van der Waals surface area contributed by atoms with Crippen molar-refractivity contribution in [2.45, 2.75) is 51.5 Å². The zero-order valence-corrected chi connectivity index (χ0v) is 11.1. The molecule has 2 atom stereocenters. The van der Waals surface area contributed by atoms with Crippen molar-refractivity contribution in [3.8, 4) is 0 Å². The summed E-state index contributed by atoms with van der Waals surface area (Å²) in [5.74, 6) is 0.842. The molecule has 2 aliphatic carbocycles. The highest BCUT2D eigenvalue weighted by atomic mass is 14.9. The van der Waals surface area contributed by atoms with Crippen molar-refractivity contribution in [3.63, 3.8) is 0 Å². The second kappa shape index (κ2) is 4.45. The van der Waals surface area contributed by atoms with Gasteiger partial charge in [0.25, 0.3) is 0 Å². The summed E-state index contributed by atoms with van der Waals surface area (Å²) in [6, 6.07) is 5.60. The standard InChI is InChI=1S/C16H23N/c1-11-6-7-14-9-12-4-3-5-13(12)10-15(14)16(8-11)17-2/h9-11,16-17H,3-8H2,1-2H3. The number of nitrogens with one attached hydrogen (secondary N) is 1. The van der Waals surface area contributed by atoms with Gasteiger partial charge in [0.05, 0.1) is 0 Å². The Bertz CT molecular complexity index is 422. The monoisotopic (exact) mass is 229 g/mol. The van der Waals surface area contributed by atoms with E-state index in [1.165, 1.54) is 38.5 Å². The maximum absolute atomic E-state index is 3.52. The molecule has 0 fully saturated rings. The molecule has 0 saturated heterocycles. The molecular weight excluding hydrogens is 206 g/mol.